The van der Waals surface area contributed by atoms with Crippen molar-refractivity contribution in [3.05, 3.63) is 81.9 Å². The van der Waals surface area contributed by atoms with Gasteiger partial charge in [-0.2, -0.15) is 0 Å². The molecule has 0 radical (unpaired) electrons. The summed E-state index contributed by atoms with van der Waals surface area (Å²) in [4.78, 5) is 11.5. The van der Waals surface area contributed by atoms with Gasteiger partial charge in [0.25, 0.3) is 0 Å². The van der Waals surface area contributed by atoms with Gasteiger partial charge < -0.3 is 0 Å². The average molecular weight is 378 g/mol. The molecule has 9 heteroatoms. The number of halogens is 8. The highest BCUT2D eigenvalue weighted by Crippen LogP contribution is 2.22. The highest BCUT2D eigenvalue weighted by atomic mass is 19.2. The molecule has 2 aromatic rings. The lowest BCUT2D eigenvalue weighted by Gasteiger charge is -2.02. The van der Waals surface area contributed by atoms with Crippen LogP contribution < -0.4 is 0 Å². The molecule has 0 amide bonds. The number of rotatable bonds is 4. The Balaban J connectivity index is 2.31. The van der Waals surface area contributed by atoms with E-state index in [4.69, 9.17) is 0 Å². The van der Waals surface area contributed by atoms with Gasteiger partial charge in [0, 0.05) is 12.1 Å². The summed E-state index contributed by atoms with van der Waals surface area (Å²) < 4.78 is 106. The Morgan fingerprint density at radius 1 is 0.577 bits per heavy atom. The van der Waals surface area contributed by atoms with E-state index in [1.165, 1.54) is 0 Å². The second kappa shape index (κ2) is 7.51. The zero-order chi connectivity index (χ0) is 19.6. The summed E-state index contributed by atoms with van der Waals surface area (Å²) in [7, 11) is 0. The van der Waals surface area contributed by atoms with Gasteiger partial charge in [-0.25, -0.2) is 35.1 Å². The zero-order valence-corrected chi connectivity index (χ0v) is 12.4. The number of ketones is 1. The number of hydrogen-bond acceptors (Lipinski definition) is 1. The summed E-state index contributed by atoms with van der Waals surface area (Å²) in [5, 5.41) is 0. The molecule has 0 unspecified atom stereocenters. The number of benzene rings is 2. The molecule has 0 aliphatic rings. The van der Waals surface area contributed by atoms with E-state index in [2.05, 4.69) is 0 Å². The summed E-state index contributed by atoms with van der Waals surface area (Å²) in [6.45, 7) is 0. The normalized spacial score (nSPS) is 11.7. The Hall–Kier alpha value is -2.97. The fraction of sp³-hybridized carbons (Fsp3) is 0. The molecule has 0 spiro atoms. The maximum Gasteiger partial charge on any atom is 0.178 e. The van der Waals surface area contributed by atoms with Crippen molar-refractivity contribution in [1.82, 2.24) is 0 Å². The molecule has 0 atom stereocenters. The van der Waals surface area contributed by atoms with Crippen molar-refractivity contribution in [2.75, 3.05) is 0 Å². The van der Waals surface area contributed by atoms with Crippen molar-refractivity contribution in [3.63, 3.8) is 0 Å². The molecule has 0 bridgehead atoms. The number of hydrogen-bond donors (Lipinski definition) is 0. The average Bonchev–Trinajstić information content (AvgIpc) is 2.58. The minimum atomic E-state index is -1.76. The topological polar surface area (TPSA) is 17.1 Å². The first-order valence-corrected chi connectivity index (χ1v) is 6.69. The quantitative estimate of drug-likeness (QED) is 0.411. The first kappa shape index (κ1) is 19.4. The highest BCUT2D eigenvalue weighted by Gasteiger charge is 2.18. The van der Waals surface area contributed by atoms with E-state index >= 15 is 0 Å². The van der Waals surface area contributed by atoms with Crippen molar-refractivity contribution < 1.29 is 39.9 Å². The van der Waals surface area contributed by atoms with Crippen LogP contribution >= 0.6 is 0 Å². The molecule has 0 saturated heterocycles. The van der Waals surface area contributed by atoms with Crippen LogP contribution in [0.1, 0.15) is 11.1 Å². The molecule has 0 N–H and O–H groups in total. The van der Waals surface area contributed by atoms with Crippen LogP contribution in [0, 0.1) is 46.5 Å². The van der Waals surface area contributed by atoms with Gasteiger partial charge in [-0.3, -0.25) is 4.79 Å². The second-order valence-corrected chi connectivity index (χ2v) is 4.83. The zero-order valence-electron chi connectivity index (χ0n) is 12.4. The Bertz CT molecular complexity index is 819. The van der Waals surface area contributed by atoms with E-state index < -0.39 is 63.4 Å². The van der Waals surface area contributed by atoms with E-state index in [-0.39, 0.29) is 12.1 Å². The Labute approximate surface area is 140 Å². The lowest BCUT2D eigenvalue weighted by molar-refractivity contribution is -0.110. The molecular weight excluding hydrogens is 372 g/mol. The van der Waals surface area contributed by atoms with Gasteiger partial charge in [-0.05, 0) is 24.3 Å². The Kier molecular flexibility index (Phi) is 5.59. The fourth-order valence-electron chi connectivity index (χ4n) is 1.86. The predicted octanol–water partition coefficient (Wildman–Crippen LogP) is 5.10. The van der Waals surface area contributed by atoms with E-state index in [1.54, 1.807) is 0 Å². The number of carbonyl (C=O) groups excluding carboxylic acids is 1. The van der Waals surface area contributed by atoms with Crippen molar-refractivity contribution >= 4 is 17.9 Å². The molecular formula is C17H6F8O. The van der Waals surface area contributed by atoms with Crippen LogP contribution in [0.3, 0.4) is 0 Å². The van der Waals surface area contributed by atoms with Crippen LogP contribution in [0.4, 0.5) is 35.1 Å². The third-order valence-electron chi connectivity index (χ3n) is 3.12. The Morgan fingerprint density at radius 3 is 1.12 bits per heavy atom. The van der Waals surface area contributed by atoms with Crippen molar-refractivity contribution in [2.24, 2.45) is 0 Å². The monoisotopic (exact) mass is 378 g/mol. The van der Waals surface area contributed by atoms with Gasteiger partial charge in [0.15, 0.2) is 52.3 Å². The lowest BCUT2D eigenvalue weighted by Crippen LogP contribution is -1.99. The number of allylic oxidation sites excluding steroid dienone is 2. The maximum atomic E-state index is 13.4. The molecule has 136 valence electrons. The smallest absolute Gasteiger partial charge is 0.178 e. The molecule has 0 aliphatic carbocycles. The third kappa shape index (κ3) is 3.81. The maximum absolute atomic E-state index is 13.4. The molecule has 1 nitrogen and oxygen atoms in total. The van der Waals surface area contributed by atoms with Gasteiger partial charge >= 0.3 is 0 Å². The van der Waals surface area contributed by atoms with E-state index in [1.807, 2.05) is 0 Å². The van der Waals surface area contributed by atoms with Gasteiger partial charge in [-0.1, -0.05) is 0 Å². The van der Waals surface area contributed by atoms with Crippen LogP contribution in [0.2, 0.25) is 0 Å². The summed E-state index contributed by atoms with van der Waals surface area (Å²) in [5.41, 5.74) is -2.39. The van der Waals surface area contributed by atoms with Gasteiger partial charge in [-0.15, -0.1) is 0 Å². The van der Waals surface area contributed by atoms with Crippen LogP contribution in [-0.4, -0.2) is 5.78 Å². The van der Waals surface area contributed by atoms with Crippen LogP contribution in [0.5, 0.6) is 0 Å². The molecule has 0 aliphatic heterocycles. The summed E-state index contributed by atoms with van der Waals surface area (Å²) in [6, 6.07) is -0.0679. The van der Waals surface area contributed by atoms with Gasteiger partial charge in [0.1, 0.15) is 0 Å². The van der Waals surface area contributed by atoms with Crippen LogP contribution in [-0.2, 0) is 4.79 Å². The van der Waals surface area contributed by atoms with Crippen LogP contribution in [0.25, 0.3) is 12.2 Å². The fourth-order valence-corrected chi connectivity index (χ4v) is 1.86. The minimum absolute atomic E-state index is 0.0339. The molecule has 26 heavy (non-hydrogen) atoms. The van der Waals surface area contributed by atoms with Crippen molar-refractivity contribution in [2.45, 2.75) is 0 Å². The first-order chi connectivity index (χ1) is 12.1. The van der Waals surface area contributed by atoms with Gasteiger partial charge in [0.2, 0.25) is 0 Å². The van der Waals surface area contributed by atoms with Gasteiger partial charge in [0.05, 0.1) is 11.1 Å². The largest absolute Gasteiger partial charge is 0.290 e. The molecule has 0 fully saturated rings. The van der Waals surface area contributed by atoms with E-state index in [0.717, 1.165) is 0 Å². The molecule has 0 heterocycles. The number of carbonyl (C=O) groups is 1. The second-order valence-electron chi connectivity index (χ2n) is 4.83. The van der Waals surface area contributed by atoms with Crippen LogP contribution in [0.15, 0.2) is 24.3 Å². The van der Waals surface area contributed by atoms with E-state index in [9.17, 15) is 39.9 Å². The highest BCUT2D eigenvalue weighted by molar-refractivity contribution is 6.04. The first-order valence-electron chi connectivity index (χ1n) is 6.69. The third-order valence-corrected chi connectivity index (χ3v) is 3.12. The molecule has 2 rings (SSSR count). The summed E-state index contributed by atoms with van der Waals surface area (Å²) >= 11 is 0. The SMILES string of the molecule is O=C(C=Cc1c(F)c(F)cc(F)c1F)C=Cc1c(F)c(F)cc(F)c1F. The molecule has 0 aromatic heterocycles. The predicted molar refractivity (Wildman–Crippen MR) is 75.6 cm³/mol. The minimum Gasteiger partial charge on any atom is -0.290 e. The van der Waals surface area contributed by atoms with Crippen molar-refractivity contribution in [1.29, 1.82) is 0 Å². The Morgan fingerprint density at radius 2 is 0.846 bits per heavy atom. The molecule has 2 aromatic carbocycles. The molecule has 0 saturated carbocycles. The van der Waals surface area contributed by atoms with E-state index in [0.29, 0.717) is 24.3 Å². The summed E-state index contributed by atoms with van der Waals surface area (Å²) in [6.07, 6.45) is 1.65. The summed E-state index contributed by atoms with van der Waals surface area (Å²) in [5.74, 6) is -15.0. The lowest BCUT2D eigenvalue weighted by atomic mass is 10.1. The standard InChI is InChI=1S/C17H6F8O/c18-10-5-11(19)15(23)8(14(10)22)3-1-7(26)2-4-9-16(24)12(20)6-13(21)17(9)25/h1-6H. The van der Waals surface area contributed by atoms with Crippen molar-refractivity contribution in [3.8, 4) is 0 Å².